The Hall–Kier alpha value is -1.46. The number of nitrogens with two attached hydrogens (primary N) is 1. The molecule has 1 aromatic heterocycles. The van der Waals surface area contributed by atoms with E-state index in [9.17, 15) is 0 Å². The highest BCUT2D eigenvalue weighted by Gasteiger charge is 2.09. The van der Waals surface area contributed by atoms with E-state index >= 15 is 0 Å². The number of hydrogen-bond donors (Lipinski definition) is 1. The average Bonchev–Trinajstić information content (AvgIpc) is 2.47. The summed E-state index contributed by atoms with van der Waals surface area (Å²) in [6.07, 6.45) is 0. The van der Waals surface area contributed by atoms with E-state index in [0.717, 1.165) is 27.7 Å². The van der Waals surface area contributed by atoms with Gasteiger partial charge in [0.15, 0.2) is 0 Å². The number of hydrogen-bond acceptors (Lipinski definition) is 2. The summed E-state index contributed by atoms with van der Waals surface area (Å²) in [5, 5.41) is 1.13. The second kappa shape index (κ2) is 5.50. The predicted molar refractivity (Wildman–Crippen MR) is 91.7 cm³/mol. The van der Waals surface area contributed by atoms with E-state index in [2.05, 4.69) is 70.0 Å². The first-order valence-electron chi connectivity index (χ1n) is 6.52. The van der Waals surface area contributed by atoms with E-state index in [4.69, 9.17) is 5.73 Å². The summed E-state index contributed by atoms with van der Waals surface area (Å²) in [5.41, 5.74) is 10.7. The van der Waals surface area contributed by atoms with Crippen molar-refractivity contribution < 1.29 is 0 Å². The van der Waals surface area contributed by atoms with Crippen LogP contribution < -0.4 is 5.73 Å². The van der Waals surface area contributed by atoms with Crippen LogP contribution in [0.2, 0.25) is 0 Å². The zero-order chi connectivity index (χ0) is 14.1. The maximum absolute atomic E-state index is 6.36. The Morgan fingerprint density at radius 3 is 2.40 bits per heavy atom. The van der Waals surface area contributed by atoms with Gasteiger partial charge in [-0.2, -0.15) is 0 Å². The molecule has 0 spiro atoms. The zero-order valence-corrected chi connectivity index (χ0v) is 13.3. The van der Waals surface area contributed by atoms with Crippen LogP contribution in [0.5, 0.6) is 0 Å². The van der Waals surface area contributed by atoms with E-state index < -0.39 is 0 Å². The van der Waals surface area contributed by atoms with E-state index in [1.807, 2.05) is 19.1 Å². The molecule has 0 fully saturated rings. The molecule has 0 amide bonds. The third-order valence-electron chi connectivity index (χ3n) is 3.44. The van der Waals surface area contributed by atoms with Gasteiger partial charge >= 0.3 is 0 Å². The van der Waals surface area contributed by atoms with Crippen molar-refractivity contribution in [3.8, 4) is 0 Å². The zero-order valence-electron chi connectivity index (χ0n) is 11.2. The van der Waals surface area contributed by atoms with Crippen LogP contribution in [0.25, 0.3) is 10.9 Å². The molecular formula is C17H15IN2. The standard InChI is InChI=1S/C17H15IN2/c1-11-2-3-13-10-14(6-9-16(13)20-11)17(19)12-4-7-15(18)8-5-12/h2-10,17H,19H2,1H3. The fraction of sp³-hybridized carbons (Fsp3) is 0.118. The predicted octanol–water partition coefficient (Wildman–Crippen LogP) is 4.20. The van der Waals surface area contributed by atoms with Gasteiger partial charge in [0, 0.05) is 14.7 Å². The first-order valence-corrected chi connectivity index (χ1v) is 7.60. The molecule has 2 nitrogen and oxygen atoms in total. The van der Waals surface area contributed by atoms with Crippen LogP contribution in [0.1, 0.15) is 22.9 Å². The molecule has 1 unspecified atom stereocenters. The maximum Gasteiger partial charge on any atom is 0.0705 e. The number of aromatic nitrogens is 1. The summed E-state index contributed by atoms with van der Waals surface area (Å²) < 4.78 is 1.22. The van der Waals surface area contributed by atoms with Crippen molar-refractivity contribution in [2.45, 2.75) is 13.0 Å². The van der Waals surface area contributed by atoms with Crippen molar-refractivity contribution in [3.05, 3.63) is 75.0 Å². The van der Waals surface area contributed by atoms with Gasteiger partial charge < -0.3 is 5.73 Å². The molecule has 0 saturated heterocycles. The topological polar surface area (TPSA) is 38.9 Å². The Labute approximate surface area is 132 Å². The van der Waals surface area contributed by atoms with Gasteiger partial charge in [0.25, 0.3) is 0 Å². The van der Waals surface area contributed by atoms with Gasteiger partial charge in [0.05, 0.1) is 11.6 Å². The quantitative estimate of drug-likeness (QED) is 0.683. The number of rotatable bonds is 2. The number of pyridine rings is 1. The highest BCUT2D eigenvalue weighted by molar-refractivity contribution is 14.1. The lowest BCUT2D eigenvalue weighted by molar-refractivity contribution is 0.873. The summed E-state index contributed by atoms with van der Waals surface area (Å²) in [4.78, 5) is 4.52. The molecule has 0 radical (unpaired) electrons. The van der Waals surface area contributed by atoms with E-state index in [0.29, 0.717) is 0 Å². The lowest BCUT2D eigenvalue weighted by Crippen LogP contribution is -2.11. The van der Waals surface area contributed by atoms with Gasteiger partial charge in [-0.1, -0.05) is 24.3 Å². The van der Waals surface area contributed by atoms with Crippen molar-refractivity contribution in [2.75, 3.05) is 0 Å². The molecule has 3 rings (SSSR count). The van der Waals surface area contributed by atoms with Gasteiger partial charge in [-0.3, -0.25) is 4.98 Å². The average molecular weight is 374 g/mol. The number of aryl methyl sites for hydroxylation is 1. The smallest absolute Gasteiger partial charge is 0.0705 e. The number of halogens is 1. The number of nitrogens with zero attached hydrogens (tertiary/aromatic N) is 1. The Kier molecular flexibility index (Phi) is 3.72. The minimum Gasteiger partial charge on any atom is -0.320 e. The normalized spacial score (nSPS) is 12.6. The fourth-order valence-corrected chi connectivity index (χ4v) is 2.66. The van der Waals surface area contributed by atoms with Crippen molar-refractivity contribution in [1.29, 1.82) is 0 Å². The van der Waals surface area contributed by atoms with Crippen molar-refractivity contribution in [3.63, 3.8) is 0 Å². The lowest BCUT2D eigenvalue weighted by atomic mass is 9.98. The second-order valence-electron chi connectivity index (χ2n) is 4.93. The minimum absolute atomic E-state index is 0.0993. The Balaban J connectivity index is 2.01. The minimum atomic E-state index is -0.0993. The molecule has 2 aromatic carbocycles. The molecule has 20 heavy (non-hydrogen) atoms. The molecule has 1 heterocycles. The monoisotopic (exact) mass is 374 g/mol. The van der Waals surface area contributed by atoms with E-state index in [-0.39, 0.29) is 6.04 Å². The summed E-state index contributed by atoms with van der Waals surface area (Å²) in [7, 11) is 0. The first-order chi connectivity index (χ1) is 9.63. The molecule has 100 valence electrons. The molecular weight excluding hydrogens is 359 g/mol. The molecule has 0 aliphatic carbocycles. The molecule has 0 aliphatic heterocycles. The van der Waals surface area contributed by atoms with Crippen LogP contribution in [-0.2, 0) is 0 Å². The van der Waals surface area contributed by atoms with E-state index in [1.54, 1.807) is 0 Å². The van der Waals surface area contributed by atoms with Crippen LogP contribution in [-0.4, -0.2) is 4.98 Å². The van der Waals surface area contributed by atoms with Crippen molar-refractivity contribution in [2.24, 2.45) is 5.73 Å². The number of fused-ring (bicyclic) bond motifs is 1. The highest BCUT2D eigenvalue weighted by Crippen LogP contribution is 2.23. The molecule has 2 N–H and O–H groups in total. The second-order valence-corrected chi connectivity index (χ2v) is 6.18. The Bertz CT molecular complexity index is 751. The van der Waals surface area contributed by atoms with E-state index in [1.165, 1.54) is 3.57 Å². The lowest BCUT2D eigenvalue weighted by Gasteiger charge is -2.13. The van der Waals surface area contributed by atoms with Crippen LogP contribution in [0.15, 0.2) is 54.6 Å². The SMILES string of the molecule is Cc1ccc2cc(C(N)c3ccc(I)cc3)ccc2n1. The maximum atomic E-state index is 6.36. The summed E-state index contributed by atoms with van der Waals surface area (Å²) in [5.74, 6) is 0. The van der Waals surface area contributed by atoms with Crippen LogP contribution in [0.3, 0.4) is 0 Å². The Morgan fingerprint density at radius 2 is 1.65 bits per heavy atom. The van der Waals surface area contributed by atoms with Gasteiger partial charge in [0.1, 0.15) is 0 Å². The van der Waals surface area contributed by atoms with Gasteiger partial charge in [-0.05, 0) is 71.0 Å². The summed E-state index contributed by atoms with van der Waals surface area (Å²) in [6.45, 7) is 2.00. The molecule has 0 bridgehead atoms. The summed E-state index contributed by atoms with van der Waals surface area (Å²) in [6, 6.07) is 18.6. The van der Waals surface area contributed by atoms with Crippen LogP contribution >= 0.6 is 22.6 Å². The third kappa shape index (κ3) is 2.69. The molecule has 0 saturated carbocycles. The van der Waals surface area contributed by atoms with Gasteiger partial charge in [0.2, 0.25) is 0 Å². The third-order valence-corrected chi connectivity index (χ3v) is 4.16. The molecule has 0 aliphatic rings. The van der Waals surface area contributed by atoms with Crippen molar-refractivity contribution in [1.82, 2.24) is 4.98 Å². The largest absolute Gasteiger partial charge is 0.320 e. The Morgan fingerprint density at radius 1 is 0.950 bits per heavy atom. The summed E-state index contributed by atoms with van der Waals surface area (Å²) >= 11 is 2.30. The molecule has 1 atom stereocenters. The first kappa shape index (κ1) is 13.5. The highest BCUT2D eigenvalue weighted by atomic mass is 127. The van der Waals surface area contributed by atoms with Gasteiger partial charge in [-0.15, -0.1) is 0 Å². The molecule has 3 aromatic rings. The number of benzene rings is 2. The van der Waals surface area contributed by atoms with Crippen LogP contribution in [0, 0.1) is 10.5 Å². The van der Waals surface area contributed by atoms with Crippen LogP contribution in [0.4, 0.5) is 0 Å². The van der Waals surface area contributed by atoms with Gasteiger partial charge in [-0.25, -0.2) is 0 Å². The van der Waals surface area contributed by atoms with Crippen molar-refractivity contribution >= 4 is 33.5 Å². The molecule has 3 heteroatoms. The fourth-order valence-electron chi connectivity index (χ4n) is 2.30.